The average Bonchev–Trinajstić information content (AvgIpc) is 2.52. The number of aromatic nitrogens is 1. The lowest BCUT2D eigenvalue weighted by atomic mass is 10.5. The molecule has 1 rings (SSSR count). The van der Waals surface area contributed by atoms with E-state index in [1.54, 1.807) is 12.3 Å². The largest absolute Gasteiger partial charge is 0.466 e. The van der Waals surface area contributed by atoms with Crippen molar-refractivity contribution in [3.8, 4) is 0 Å². The van der Waals surface area contributed by atoms with Crippen molar-refractivity contribution < 1.29 is 9.53 Å². The molecule has 0 fully saturated rings. The summed E-state index contributed by atoms with van der Waals surface area (Å²) >= 11 is 1.47. The van der Waals surface area contributed by atoms with Crippen LogP contribution in [0.25, 0.3) is 6.08 Å². The van der Waals surface area contributed by atoms with Crippen LogP contribution in [0.4, 0.5) is 0 Å². The van der Waals surface area contributed by atoms with Crippen molar-refractivity contribution in [2.45, 2.75) is 0 Å². The summed E-state index contributed by atoms with van der Waals surface area (Å²) in [5.74, 6) is -0.361. The van der Waals surface area contributed by atoms with Gasteiger partial charge in [-0.05, 0) is 6.08 Å². The van der Waals surface area contributed by atoms with Crippen LogP contribution in [0.1, 0.15) is 5.01 Å². The number of thiazole rings is 1. The minimum absolute atomic E-state index is 0.361. The Bertz CT molecular complexity index is 253. The molecule has 0 spiro atoms. The van der Waals surface area contributed by atoms with Crippen molar-refractivity contribution in [3.05, 3.63) is 22.7 Å². The van der Waals surface area contributed by atoms with Gasteiger partial charge in [-0.1, -0.05) is 0 Å². The zero-order chi connectivity index (χ0) is 8.10. The van der Waals surface area contributed by atoms with E-state index in [9.17, 15) is 4.79 Å². The molecule has 1 aromatic heterocycles. The minimum atomic E-state index is -0.361. The molecular weight excluding hydrogens is 162 g/mol. The zero-order valence-corrected chi connectivity index (χ0v) is 6.80. The van der Waals surface area contributed by atoms with E-state index in [-0.39, 0.29) is 5.97 Å². The number of carbonyl (C=O) groups excluding carboxylic acids is 1. The van der Waals surface area contributed by atoms with Gasteiger partial charge in [-0.3, -0.25) is 0 Å². The van der Waals surface area contributed by atoms with E-state index < -0.39 is 0 Å². The Hall–Kier alpha value is -1.16. The van der Waals surface area contributed by atoms with Gasteiger partial charge in [-0.2, -0.15) is 0 Å². The molecule has 58 valence electrons. The maximum absolute atomic E-state index is 10.6. The molecule has 0 amide bonds. The van der Waals surface area contributed by atoms with Crippen LogP contribution in [-0.4, -0.2) is 18.1 Å². The third kappa shape index (κ3) is 2.51. The number of hydrogen-bond donors (Lipinski definition) is 0. The number of hydrogen-bond acceptors (Lipinski definition) is 4. The quantitative estimate of drug-likeness (QED) is 0.495. The third-order valence-corrected chi connectivity index (χ3v) is 1.76. The molecule has 1 heterocycles. The summed E-state index contributed by atoms with van der Waals surface area (Å²) < 4.78 is 4.40. The summed E-state index contributed by atoms with van der Waals surface area (Å²) in [6, 6.07) is 0. The van der Waals surface area contributed by atoms with Gasteiger partial charge in [0.25, 0.3) is 0 Å². The van der Waals surface area contributed by atoms with Crippen LogP contribution in [0.5, 0.6) is 0 Å². The SMILES string of the molecule is COC(=O)C=Cc1nccs1. The fourth-order valence-corrected chi connectivity index (χ4v) is 1.05. The summed E-state index contributed by atoms with van der Waals surface area (Å²) in [6.45, 7) is 0. The lowest BCUT2D eigenvalue weighted by Crippen LogP contribution is -1.92. The molecule has 0 aromatic carbocycles. The predicted octanol–water partition coefficient (Wildman–Crippen LogP) is 1.33. The van der Waals surface area contributed by atoms with Crippen LogP contribution in [0.3, 0.4) is 0 Å². The predicted molar refractivity (Wildman–Crippen MR) is 43.2 cm³/mol. The molecule has 0 radical (unpaired) electrons. The van der Waals surface area contributed by atoms with Crippen LogP contribution < -0.4 is 0 Å². The normalized spacial score (nSPS) is 10.3. The number of esters is 1. The van der Waals surface area contributed by atoms with Crippen molar-refractivity contribution in [1.82, 2.24) is 4.98 Å². The fraction of sp³-hybridized carbons (Fsp3) is 0.143. The van der Waals surface area contributed by atoms with E-state index >= 15 is 0 Å². The van der Waals surface area contributed by atoms with Crippen molar-refractivity contribution in [2.75, 3.05) is 7.11 Å². The third-order valence-electron chi connectivity index (χ3n) is 1.01. The summed E-state index contributed by atoms with van der Waals surface area (Å²) in [5.41, 5.74) is 0. The topological polar surface area (TPSA) is 39.2 Å². The molecule has 0 aliphatic rings. The van der Waals surface area contributed by atoms with Crippen LogP contribution in [0.15, 0.2) is 17.7 Å². The van der Waals surface area contributed by atoms with E-state index in [0.717, 1.165) is 5.01 Å². The summed E-state index contributed by atoms with van der Waals surface area (Å²) in [6.07, 6.45) is 4.65. The number of ether oxygens (including phenoxy) is 1. The second kappa shape index (κ2) is 3.88. The van der Waals surface area contributed by atoms with Crippen molar-refractivity contribution in [2.24, 2.45) is 0 Å². The average molecular weight is 169 g/mol. The van der Waals surface area contributed by atoms with Crippen LogP contribution in [-0.2, 0) is 9.53 Å². The summed E-state index contributed by atoms with van der Waals surface area (Å²) in [4.78, 5) is 14.5. The molecule has 0 atom stereocenters. The molecule has 0 aliphatic heterocycles. The first-order valence-corrected chi connectivity index (χ1v) is 3.86. The van der Waals surface area contributed by atoms with Crippen LogP contribution >= 0.6 is 11.3 Å². The Morgan fingerprint density at radius 1 is 1.82 bits per heavy atom. The second-order valence-electron chi connectivity index (χ2n) is 1.73. The van der Waals surface area contributed by atoms with Crippen molar-refractivity contribution >= 4 is 23.4 Å². The molecule has 4 heteroatoms. The standard InChI is InChI=1S/C7H7NO2S/c1-10-7(9)3-2-6-8-4-5-11-6/h2-5H,1H3. The summed E-state index contributed by atoms with van der Waals surface area (Å²) in [7, 11) is 1.34. The summed E-state index contributed by atoms with van der Waals surface area (Å²) in [5, 5.41) is 2.65. The number of methoxy groups -OCH3 is 1. The fourth-order valence-electron chi connectivity index (χ4n) is 0.524. The molecule has 0 saturated heterocycles. The molecule has 3 nitrogen and oxygen atoms in total. The Morgan fingerprint density at radius 3 is 3.18 bits per heavy atom. The molecule has 0 bridgehead atoms. The first-order chi connectivity index (χ1) is 5.33. The highest BCUT2D eigenvalue weighted by molar-refractivity contribution is 7.10. The minimum Gasteiger partial charge on any atom is -0.466 e. The van der Waals surface area contributed by atoms with Gasteiger partial charge in [0.05, 0.1) is 7.11 Å². The van der Waals surface area contributed by atoms with E-state index in [1.165, 1.54) is 24.5 Å². The van der Waals surface area contributed by atoms with E-state index in [1.807, 2.05) is 5.38 Å². The van der Waals surface area contributed by atoms with E-state index in [0.29, 0.717) is 0 Å². The van der Waals surface area contributed by atoms with Gasteiger partial charge >= 0.3 is 5.97 Å². The van der Waals surface area contributed by atoms with Crippen LogP contribution in [0, 0.1) is 0 Å². The Morgan fingerprint density at radius 2 is 2.64 bits per heavy atom. The van der Waals surface area contributed by atoms with Crippen molar-refractivity contribution in [3.63, 3.8) is 0 Å². The van der Waals surface area contributed by atoms with Gasteiger partial charge in [-0.15, -0.1) is 11.3 Å². The maximum Gasteiger partial charge on any atom is 0.330 e. The smallest absolute Gasteiger partial charge is 0.330 e. The second-order valence-corrected chi connectivity index (χ2v) is 2.65. The van der Waals surface area contributed by atoms with E-state index in [4.69, 9.17) is 0 Å². The highest BCUT2D eigenvalue weighted by Gasteiger charge is 1.91. The molecule has 0 unspecified atom stereocenters. The number of nitrogens with zero attached hydrogens (tertiary/aromatic N) is 1. The Kier molecular flexibility index (Phi) is 2.80. The number of rotatable bonds is 2. The first kappa shape index (κ1) is 7.94. The van der Waals surface area contributed by atoms with Gasteiger partial charge in [0.15, 0.2) is 0 Å². The highest BCUT2D eigenvalue weighted by atomic mass is 32.1. The number of carbonyl (C=O) groups is 1. The van der Waals surface area contributed by atoms with Crippen molar-refractivity contribution in [1.29, 1.82) is 0 Å². The van der Waals surface area contributed by atoms with Gasteiger partial charge in [0.1, 0.15) is 5.01 Å². The van der Waals surface area contributed by atoms with Gasteiger partial charge in [-0.25, -0.2) is 9.78 Å². The van der Waals surface area contributed by atoms with Gasteiger partial charge < -0.3 is 4.74 Å². The molecule has 1 aromatic rings. The maximum atomic E-state index is 10.6. The molecule has 0 N–H and O–H groups in total. The monoisotopic (exact) mass is 169 g/mol. The Labute approximate surface area is 68.3 Å². The van der Waals surface area contributed by atoms with Gasteiger partial charge in [0, 0.05) is 17.7 Å². The highest BCUT2D eigenvalue weighted by Crippen LogP contribution is 2.05. The molecule has 0 saturated carbocycles. The lowest BCUT2D eigenvalue weighted by molar-refractivity contribution is -0.134. The van der Waals surface area contributed by atoms with E-state index in [2.05, 4.69) is 9.72 Å². The zero-order valence-electron chi connectivity index (χ0n) is 5.98. The lowest BCUT2D eigenvalue weighted by Gasteiger charge is -1.86. The molecule has 11 heavy (non-hydrogen) atoms. The Balaban J connectivity index is 2.55. The molecule has 0 aliphatic carbocycles. The molecular formula is C7H7NO2S. The first-order valence-electron chi connectivity index (χ1n) is 2.98. The van der Waals surface area contributed by atoms with Crippen LogP contribution in [0.2, 0.25) is 0 Å². The van der Waals surface area contributed by atoms with Gasteiger partial charge in [0.2, 0.25) is 0 Å².